The molecular weight excluding hydrogens is 1260 g/mol. The molecule has 0 rings (SSSR count). The standard InChI is InChI=1S/C77H150O17P2/c1-7-10-12-14-16-18-20-22-23-24-25-26-27-28-29-30-32-34-36-41-49-55-61-76(81)93-72(65-87-74(79)59-53-47-40-35-33-31-21-19-17-15-13-11-8-2)67-91-95(83,84)89-63-71(78)64-90-96(85,86)92-68-73(66-88-75(80)60-54-48-44-43-46-52-58-70(6)9-3)94-77(82)62-56-50-42-38-37-39-45-51-57-69(4)5/h69-73,78H,7-68H2,1-6H3,(H,83,84)(H,85,86)/t70?,71-,72-,73-/m1/s1. The van der Waals surface area contributed by atoms with Crippen molar-refractivity contribution in [3.05, 3.63) is 0 Å². The van der Waals surface area contributed by atoms with Gasteiger partial charge in [-0.15, -0.1) is 0 Å². The molecule has 0 aromatic heterocycles. The first kappa shape index (κ1) is 94.1. The zero-order chi connectivity index (χ0) is 70.7. The molecule has 0 aliphatic rings. The van der Waals surface area contributed by atoms with Crippen molar-refractivity contribution >= 4 is 39.5 Å². The Morgan fingerprint density at radius 2 is 0.531 bits per heavy atom. The predicted molar refractivity (Wildman–Crippen MR) is 391 cm³/mol. The number of hydrogen-bond donors (Lipinski definition) is 3. The van der Waals surface area contributed by atoms with Crippen molar-refractivity contribution in [1.82, 2.24) is 0 Å². The lowest BCUT2D eigenvalue weighted by Crippen LogP contribution is -2.30. The van der Waals surface area contributed by atoms with E-state index < -0.39 is 97.5 Å². The molecule has 0 aliphatic carbocycles. The fourth-order valence-electron chi connectivity index (χ4n) is 11.8. The van der Waals surface area contributed by atoms with Gasteiger partial charge in [0.15, 0.2) is 12.2 Å². The summed E-state index contributed by atoms with van der Waals surface area (Å²) >= 11 is 0. The summed E-state index contributed by atoms with van der Waals surface area (Å²) in [5.41, 5.74) is 0. The summed E-state index contributed by atoms with van der Waals surface area (Å²) in [6.07, 6.45) is 57.1. The average Bonchev–Trinajstić information content (AvgIpc) is 1.18. The highest BCUT2D eigenvalue weighted by atomic mass is 31.2. The van der Waals surface area contributed by atoms with Crippen LogP contribution in [0, 0.1) is 11.8 Å². The van der Waals surface area contributed by atoms with Gasteiger partial charge in [-0.25, -0.2) is 9.13 Å². The maximum Gasteiger partial charge on any atom is 0.472 e. The number of unbranched alkanes of at least 4 members (excludes halogenated alkanes) is 45. The quantitative estimate of drug-likeness (QED) is 0.0222. The van der Waals surface area contributed by atoms with Crippen molar-refractivity contribution < 1.29 is 80.2 Å². The van der Waals surface area contributed by atoms with Crippen molar-refractivity contribution in [3.63, 3.8) is 0 Å². The van der Waals surface area contributed by atoms with Gasteiger partial charge in [-0.1, -0.05) is 350 Å². The van der Waals surface area contributed by atoms with Crippen LogP contribution in [-0.2, 0) is 65.4 Å². The van der Waals surface area contributed by atoms with Crippen LogP contribution in [0.15, 0.2) is 0 Å². The number of phosphoric acid groups is 2. The van der Waals surface area contributed by atoms with Gasteiger partial charge in [-0.2, -0.15) is 0 Å². The Morgan fingerprint density at radius 1 is 0.302 bits per heavy atom. The maximum absolute atomic E-state index is 13.1. The topological polar surface area (TPSA) is 237 Å². The van der Waals surface area contributed by atoms with E-state index >= 15 is 0 Å². The summed E-state index contributed by atoms with van der Waals surface area (Å²) in [7, 11) is -9.91. The molecule has 0 spiro atoms. The largest absolute Gasteiger partial charge is 0.472 e. The Labute approximate surface area is 588 Å². The fraction of sp³-hybridized carbons (Fsp3) is 0.948. The first-order valence-corrected chi connectivity index (χ1v) is 43.0. The lowest BCUT2D eigenvalue weighted by atomic mass is 10.00. The van der Waals surface area contributed by atoms with Crippen LogP contribution in [0.5, 0.6) is 0 Å². The highest BCUT2D eigenvalue weighted by Crippen LogP contribution is 2.45. The average molecular weight is 1410 g/mol. The zero-order valence-electron chi connectivity index (χ0n) is 62.7. The molecule has 0 bridgehead atoms. The van der Waals surface area contributed by atoms with Crippen molar-refractivity contribution in [2.45, 2.75) is 419 Å². The van der Waals surface area contributed by atoms with E-state index in [0.29, 0.717) is 25.7 Å². The van der Waals surface area contributed by atoms with Gasteiger partial charge >= 0.3 is 39.5 Å². The molecule has 3 N–H and O–H groups in total. The highest BCUT2D eigenvalue weighted by Gasteiger charge is 2.30. The number of esters is 4. The molecule has 0 saturated carbocycles. The molecule has 0 aliphatic heterocycles. The predicted octanol–water partition coefficient (Wildman–Crippen LogP) is 22.7. The minimum atomic E-state index is -4.96. The number of carbonyl (C=O) groups excluding carboxylic acids is 4. The maximum atomic E-state index is 13.1. The van der Waals surface area contributed by atoms with Gasteiger partial charge in [0.05, 0.1) is 26.4 Å². The molecule has 96 heavy (non-hydrogen) atoms. The molecule has 0 fully saturated rings. The van der Waals surface area contributed by atoms with Gasteiger partial charge < -0.3 is 33.8 Å². The van der Waals surface area contributed by atoms with Gasteiger partial charge in [-0.05, 0) is 37.5 Å². The second kappa shape index (κ2) is 68.8. The summed E-state index contributed by atoms with van der Waals surface area (Å²) < 4.78 is 68.5. The second-order valence-corrected chi connectivity index (χ2v) is 31.4. The Balaban J connectivity index is 5.18. The normalized spacial score (nSPS) is 14.3. The monoisotopic (exact) mass is 1410 g/mol. The first-order valence-electron chi connectivity index (χ1n) is 40.0. The smallest absolute Gasteiger partial charge is 0.462 e. The molecular formula is C77H150O17P2. The number of rotatable bonds is 76. The molecule has 3 unspecified atom stereocenters. The van der Waals surface area contributed by atoms with Crippen LogP contribution in [0.1, 0.15) is 401 Å². The van der Waals surface area contributed by atoms with E-state index in [2.05, 4.69) is 41.5 Å². The summed E-state index contributed by atoms with van der Waals surface area (Å²) in [6, 6.07) is 0. The van der Waals surface area contributed by atoms with Crippen molar-refractivity contribution in [1.29, 1.82) is 0 Å². The van der Waals surface area contributed by atoms with Gasteiger partial charge in [0.2, 0.25) is 0 Å². The third kappa shape index (κ3) is 69.2. The molecule has 0 aromatic rings. The lowest BCUT2D eigenvalue weighted by molar-refractivity contribution is -0.161. The molecule has 0 amide bonds. The number of hydrogen-bond acceptors (Lipinski definition) is 15. The number of aliphatic hydroxyl groups is 1. The molecule has 0 aromatic carbocycles. The van der Waals surface area contributed by atoms with E-state index in [9.17, 15) is 43.2 Å². The molecule has 0 heterocycles. The summed E-state index contributed by atoms with van der Waals surface area (Å²) in [5, 5.41) is 10.6. The zero-order valence-corrected chi connectivity index (χ0v) is 64.5. The Bertz CT molecular complexity index is 1860. The van der Waals surface area contributed by atoms with Gasteiger partial charge in [0.25, 0.3) is 0 Å². The fourth-order valence-corrected chi connectivity index (χ4v) is 13.4. The van der Waals surface area contributed by atoms with Crippen LogP contribution in [0.2, 0.25) is 0 Å². The number of carbonyl (C=O) groups is 4. The third-order valence-electron chi connectivity index (χ3n) is 18.3. The van der Waals surface area contributed by atoms with Gasteiger partial charge in [-0.3, -0.25) is 37.3 Å². The summed E-state index contributed by atoms with van der Waals surface area (Å²) in [6.45, 7) is 9.51. The molecule has 570 valence electrons. The van der Waals surface area contributed by atoms with Crippen LogP contribution in [0.3, 0.4) is 0 Å². The molecule has 19 heteroatoms. The van der Waals surface area contributed by atoms with Gasteiger partial charge in [0, 0.05) is 25.7 Å². The van der Waals surface area contributed by atoms with Crippen LogP contribution in [0.25, 0.3) is 0 Å². The molecule has 0 saturated heterocycles. The van der Waals surface area contributed by atoms with E-state index in [-0.39, 0.29) is 25.7 Å². The minimum Gasteiger partial charge on any atom is -0.462 e. The first-order chi connectivity index (χ1) is 46.4. The van der Waals surface area contributed by atoms with Crippen LogP contribution in [0.4, 0.5) is 0 Å². The Kier molecular flexibility index (Phi) is 67.4. The van der Waals surface area contributed by atoms with Crippen LogP contribution < -0.4 is 0 Å². The number of aliphatic hydroxyl groups excluding tert-OH is 1. The van der Waals surface area contributed by atoms with Gasteiger partial charge in [0.1, 0.15) is 19.3 Å². The minimum absolute atomic E-state index is 0.104. The van der Waals surface area contributed by atoms with E-state index in [4.69, 9.17) is 37.0 Å². The number of phosphoric ester groups is 2. The van der Waals surface area contributed by atoms with E-state index in [1.165, 1.54) is 212 Å². The Hall–Kier alpha value is -1.94. The van der Waals surface area contributed by atoms with Crippen molar-refractivity contribution in [2.24, 2.45) is 11.8 Å². The van der Waals surface area contributed by atoms with Crippen LogP contribution >= 0.6 is 15.6 Å². The Morgan fingerprint density at radius 3 is 0.792 bits per heavy atom. The van der Waals surface area contributed by atoms with E-state index in [1.807, 2.05) is 0 Å². The SMILES string of the molecule is CCCCCCCCCCCCCCCCCCCCCCCCC(=O)O[C@H](COC(=O)CCCCCCCCCCCCCCC)COP(=O)(O)OC[C@@H](O)COP(=O)(O)OC[C@@H](COC(=O)CCCCCCCCC(C)CC)OC(=O)CCCCCCCCCCC(C)C. The summed E-state index contributed by atoms with van der Waals surface area (Å²) in [4.78, 5) is 72.8. The van der Waals surface area contributed by atoms with E-state index in [1.54, 1.807) is 0 Å². The second-order valence-electron chi connectivity index (χ2n) is 28.5. The molecule has 17 nitrogen and oxygen atoms in total. The molecule has 6 atom stereocenters. The highest BCUT2D eigenvalue weighted by molar-refractivity contribution is 7.47. The third-order valence-corrected chi connectivity index (χ3v) is 20.2. The summed E-state index contributed by atoms with van der Waals surface area (Å²) in [5.74, 6) is -0.670. The molecule has 0 radical (unpaired) electrons. The van der Waals surface area contributed by atoms with Crippen molar-refractivity contribution in [3.8, 4) is 0 Å². The van der Waals surface area contributed by atoms with Crippen LogP contribution in [-0.4, -0.2) is 96.7 Å². The van der Waals surface area contributed by atoms with Crippen molar-refractivity contribution in [2.75, 3.05) is 39.6 Å². The number of ether oxygens (including phenoxy) is 4. The lowest BCUT2D eigenvalue weighted by Gasteiger charge is -2.21. The van der Waals surface area contributed by atoms with E-state index in [0.717, 1.165) is 108 Å².